The summed E-state index contributed by atoms with van der Waals surface area (Å²) in [6.45, 7) is 4.06. The third-order valence-electron chi connectivity index (χ3n) is 4.62. The summed E-state index contributed by atoms with van der Waals surface area (Å²) >= 11 is 0. The fourth-order valence-electron chi connectivity index (χ4n) is 3.31. The SMILES string of the molecule is COC(=O)C1CCCCN1C(=O)C1C(C(=O)O)C1(C)C. The molecular formula is C14H21NO5. The van der Waals surface area contributed by atoms with Gasteiger partial charge in [0.2, 0.25) is 5.91 Å². The highest BCUT2D eigenvalue weighted by atomic mass is 16.5. The van der Waals surface area contributed by atoms with Gasteiger partial charge in [-0.1, -0.05) is 13.8 Å². The molecule has 3 atom stereocenters. The number of carboxylic acids is 1. The van der Waals surface area contributed by atoms with Crippen LogP contribution in [0.3, 0.4) is 0 Å². The number of methoxy groups -OCH3 is 1. The van der Waals surface area contributed by atoms with Crippen molar-refractivity contribution in [3.63, 3.8) is 0 Å². The first-order valence-electron chi connectivity index (χ1n) is 6.93. The van der Waals surface area contributed by atoms with Gasteiger partial charge in [0.05, 0.1) is 18.9 Å². The summed E-state index contributed by atoms with van der Waals surface area (Å²) in [4.78, 5) is 37.0. The van der Waals surface area contributed by atoms with Crippen molar-refractivity contribution in [2.75, 3.05) is 13.7 Å². The largest absolute Gasteiger partial charge is 0.481 e. The number of carboxylic acid groups (broad SMARTS) is 1. The molecule has 0 aromatic rings. The monoisotopic (exact) mass is 283 g/mol. The average molecular weight is 283 g/mol. The van der Waals surface area contributed by atoms with E-state index in [-0.39, 0.29) is 5.91 Å². The van der Waals surface area contributed by atoms with E-state index in [4.69, 9.17) is 9.84 Å². The number of nitrogens with zero attached hydrogens (tertiary/aromatic N) is 1. The Morgan fingerprint density at radius 3 is 2.35 bits per heavy atom. The predicted molar refractivity (Wildman–Crippen MR) is 69.8 cm³/mol. The zero-order valence-electron chi connectivity index (χ0n) is 12.1. The lowest BCUT2D eigenvalue weighted by atomic mass is 10.0. The fourth-order valence-corrected chi connectivity index (χ4v) is 3.31. The quantitative estimate of drug-likeness (QED) is 0.778. The van der Waals surface area contributed by atoms with Crippen molar-refractivity contribution in [1.29, 1.82) is 0 Å². The smallest absolute Gasteiger partial charge is 0.328 e. The highest BCUT2D eigenvalue weighted by molar-refractivity contribution is 5.94. The lowest BCUT2D eigenvalue weighted by Gasteiger charge is -2.34. The van der Waals surface area contributed by atoms with E-state index in [0.717, 1.165) is 12.8 Å². The second-order valence-electron chi connectivity index (χ2n) is 6.18. The van der Waals surface area contributed by atoms with Crippen molar-refractivity contribution in [1.82, 2.24) is 4.90 Å². The van der Waals surface area contributed by atoms with Crippen LogP contribution in [0.1, 0.15) is 33.1 Å². The van der Waals surface area contributed by atoms with Gasteiger partial charge in [-0.25, -0.2) is 4.79 Å². The third-order valence-corrected chi connectivity index (χ3v) is 4.62. The number of rotatable bonds is 3. The lowest BCUT2D eigenvalue weighted by Crippen LogP contribution is -2.49. The number of piperidine rings is 1. The summed E-state index contributed by atoms with van der Waals surface area (Å²) in [5.41, 5.74) is -0.541. The molecule has 2 aliphatic rings. The van der Waals surface area contributed by atoms with Crippen molar-refractivity contribution in [3.8, 4) is 0 Å². The Hall–Kier alpha value is -1.59. The van der Waals surface area contributed by atoms with Crippen molar-refractivity contribution in [2.24, 2.45) is 17.3 Å². The average Bonchev–Trinajstić information content (AvgIpc) is 3.00. The van der Waals surface area contributed by atoms with Crippen LogP contribution >= 0.6 is 0 Å². The summed E-state index contributed by atoms with van der Waals surface area (Å²) in [7, 11) is 1.31. The molecule has 2 rings (SSSR count). The molecular weight excluding hydrogens is 262 g/mol. The predicted octanol–water partition coefficient (Wildman–Crippen LogP) is 0.897. The van der Waals surface area contributed by atoms with E-state index in [1.165, 1.54) is 12.0 Å². The van der Waals surface area contributed by atoms with Crippen LogP contribution in [-0.4, -0.2) is 47.5 Å². The molecule has 3 unspecified atom stereocenters. The second-order valence-corrected chi connectivity index (χ2v) is 6.18. The zero-order valence-corrected chi connectivity index (χ0v) is 12.1. The first kappa shape index (κ1) is 14.8. The first-order chi connectivity index (χ1) is 9.32. The molecule has 1 saturated heterocycles. The standard InChI is InChI=1S/C14H21NO5/c1-14(2)9(10(14)12(17)18)11(16)15-7-5-4-6-8(15)13(19)20-3/h8-10H,4-7H2,1-3H3,(H,17,18). The van der Waals surface area contributed by atoms with Crippen LogP contribution < -0.4 is 0 Å². The van der Waals surface area contributed by atoms with Crippen LogP contribution in [-0.2, 0) is 19.1 Å². The van der Waals surface area contributed by atoms with E-state index in [0.29, 0.717) is 13.0 Å². The number of likely N-dealkylation sites (tertiary alicyclic amines) is 1. The normalized spacial score (nSPS) is 31.6. The molecule has 0 radical (unpaired) electrons. The highest BCUT2D eigenvalue weighted by Gasteiger charge is 2.67. The number of aliphatic carboxylic acids is 1. The van der Waals surface area contributed by atoms with Crippen LogP contribution in [0.2, 0.25) is 0 Å². The molecule has 0 aromatic heterocycles. The lowest BCUT2D eigenvalue weighted by molar-refractivity contribution is -0.155. The molecule has 0 aromatic carbocycles. The van der Waals surface area contributed by atoms with Gasteiger partial charge in [-0.3, -0.25) is 9.59 Å². The van der Waals surface area contributed by atoms with Gasteiger partial charge < -0.3 is 14.7 Å². The summed E-state index contributed by atoms with van der Waals surface area (Å²) in [6.07, 6.45) is 2.30. The maximum absolute atomic E-state index is 12.6. The molecule has 2 fully saturated rings. The molecule has 6 heteroatoms. The summed E-state index contributed by atoms with van der Waals surface area (Å²) in [5.74, 6) is -2.78. The molecule has 1 aliphatic carbocycles. The Labute approximate surface area is 118 Å². The number of ether oxygens (including phenoxy) is 1. The van der Waals surface area contributed by atoms with Crippen LogP contribution in [0.25, 0.3) is 0 Å². The first-order valence-corrected chi connectivity index (χ1v) is 6.93. The number of hydrogen-bond acceptors (Lipinski definition) is 4. The van der Waals surface area contributed by atoms with Crippen molar-refractivity contribution in [3.05, 3.63) is 0 Å². The number of esters is 1. The van der Waals surface area contributed by atoms with E-state index in [1.54, 1.807) is 13.8 Å². The highest BCUT2D eigenvalue weighted by Crippen LogP contribution is 2.59. The van der Waals surface area contributed by atoms with Gasteiger partial charge in [-0.15, -0.1) is 0 Å². The maximum Gasteiger partial charge on any atom is 0.328 e. The van der Waals surface area contributed by atoms with Gasteiger partial charge in [0.15, 0.2) is 0 Å². The van der Waals surface area contributed by atoms with E-state index < -0.39 is 35.2 Å². The minimum Gasteiger partial charge on any atom is -0.481 e. The number of carbonyl (C=O) groups is 3. The molecule has 0 spiro atoms. The van der Waals surface area contributed by atoms with Crippen molar-refractivity contribution in [2.45, 2.75) is 39.2 Å². The Balaban J connectivity index is 2.15. The van der Waals surface area contributed by atoms with Gasteiger partial charge in [0.1, 0.15) is 6.04 Å². The van der Waals surface area contributed by atoms with Gasteiger partial charge in [-0.05, 0) is 24.7 Å². The summed E-state index contributed by atoms with van der Waals surface area (Å²) in [6, 6.07) is -0.563. The molecule has 1 amide bonds. The van der Waals surface area contributed by atoms with E-state index in [9.17, 15) is 14.4 Å². The van der Waals surface area contributed by atoms with Gasteiger partial charge in [0, 0.05) is 6.54 Å². The zero-order chi connectivity index (χ0) is 15.1. The Morgan fingerprint density at radius 2 is 1.85 bits per heavy atom. The van der Waals surface area contributed by atoms with Crippen molar-refractivity contribution >= 4 is 17.8 Å². The van der Waals surface area contributed by atoms with Gasteiger partial charge >= 0.3 is 11.9 Å². The molecule has 1 N–H and O–H groups in total. The van der Waals surface area contributed by atoms with Crippen LogP contribution in [0.4, 0.5) is 0 Å². The second kappa shape index (κ2) is 5.07. The molecule has 1 saturated carbocycles. The number of amides is 1. The Bertz CT molecular complexity index is 445. The molecule has 20 heavy (non-hydrogen) atoms. The third kappa shape index (κ3) is 2.27. The molecule has 0 bridgehead atoms. The molecule has 112 valence electrons. The fraction of sp³-hybridized carbons (Fsp3) is 0.786. The minimum absolute atomic E-state index is 0.225. The maximum atomic E-state index is 12.6. The molecule has 1 aliphatic heterocycles. The van der Waals surface area contributed by atoms with E-state index in [1.807, 2.05) is 0 Å². The minimum atomic E-state index is -0.944. The molecule has 6 nitrogen and oxygen atoms in total. The van der Waals surface area contributed by atoms with E-state index >= 15 is 0 Å². The van der Waals surface area contributed by atoms with Gasteiger partial charge in [0.25, 0.3) is 0 Å². The Kier molecular flexibility index (Phi) is 3.75. The summed E-state index contributed by atoms with van der Waals surface area (Å²) < 4.78 is 4.75. The van der Waals surface area contributed by atoms with Crippen LogP contribution in [0.15, 0.2) is 0 Å². The topological polar surface area (TPSA) is 83.9 Å². The van der Waals surface area contributed by atoms with Crippen LogP contribution in [0, 0.1) is 17.3 Å². The van der Waals surface area contributed by atoms with E-state index in [2.05, 4.69) is 0 Å². The molecule has 1 heterocycles. The Morgan fingerprint density at radius 1 is 1.20 bits per heavy atom. The number of carbonyl (C=O) groups excluding carboxylic acids is 2. The number of hydrogen-bond donors (Lipinski definition) is 1. The van der Waals surface area contributed by atoms with Crippen molar-refractivity contribution < 1.29 is 24.2 Å². The van der Waals surface area contributed by atoms with Gasteiger partial charge in [-0.2, -0.15) is 0 Å². The van der Waals surface area contributed by atoms with Crippen LogP contribution in [0.5, 0.6) is 0 Å². The summed E-state index contributed by atoms with van der Waals surface area (Å²) in [5, 5.41) is 9.17.